The molecule has 2 amide bonds. The summed E-state index contributed by atoms with van der Waals surface area (Å²) in [6.07, 6.45) is 6.96. The summed E-state index contributed by atoms with van der Waals surface area (Å²) in [7, 11) is 0. The number of thioether (sulfide) groups is 1. The number of hydrogen-bond donors (Lipinski definition) is 1. The molecular formula is C24H19FN4O3S. The van der Waals surface area contributed by atoms with Crippen LogP contribution in [0, 0.1) is 5.82 Å². The van der Waals surface area contributed by atoms with Crippen LogP contribution in [0.15, 0.2) is 76.8 Å². The minimum atomic E-state index is -0.353. The molecule has 2 aromatic heterocycles. The Morgan fingerprint density at radius 3 is 2.70 bits per heavy atom. The van der Waals surface area contributed by atoms with Gasteiger partial charge in [-0.2, -0.15) is 0 Å². The number of nitrogens with one attached hydrogen (secondary N) is 1. The minimum Gasteiger partial charge on any atom is -0.472 e. The molecule has 0 saturated heterocycles. The van der Waals surface area contributed by atoms with Crippen LogP contribution in [0.25, 0.3) is 5.69 Å². The van der Waals surface area contributed by atoms with E-state index in [1.54, 1.807) is 33.7 Å². The number of carbonyl (C=O) groups is 2. The molecule has 0 bridgehead atoms. The first-order valence-corrected chi connectivity index (χ1v) is 11.4. The molecular weight excluding hydrogens is 443 g/mol. The van der Waals surface area contributed by atoms with Crippen LogP contribution in [0.3, 0.4) is 0 Å². The Hall–Kier alpha value is -3.85. The second-order valence-corrected chi connectivity index (χ2v) is 8.23. The largest absolute Gasteiger partial charge is 0.472 e. The maximum absolute atomic E-state index is 13.4. The van der Waals surface area contributed by atoms with Crippen molar-refractivity contribution < 1.29 is 18.4 Å². The van der Waals surface area contributed by atoms with Crippen molar-refractivity contribution in [2.45, 2.75) is 11.6 Å². The van der Waals surface area contributed by atoms with Crippen molar-refractivity contribution >= 4 is 35.0 Å². The maximum atomic E-state index is 13.4. The van der Waals surface area contributed by atoms with E-state index < -0.39 is 0 Å². The molecule has 0 fully saturated rings. The predicted octanol–water partition coefficient (Wildman–Crippen LogP) is 4.78. The van der Waals surface area contributed by atoms with E-state index in [2.05, 4.69) is 10.3 Å². The van der Waals surface area contributed by atoms with Crippen molar-refractivity contribution in [3.8, 4) is 5.69 Å². The molecule has 3 heterocycles. The molecule has 9 heteroatoms. The normalized spacial score (nSPS) is 12.6. The fraction of sp³-hybridized carbons (Fsp3) is 0.125. The summed E-state index contributed by atoms with van der Waals surface area (Å²) >= 11 is 1.39. The van der Waals surface area contributed by atoms with Crippen molar-refractivity contribution in [1.29, 1.82) is 0 Å². The summed E-state index contributed by atoms with van der Waals surface area (Å²) in [5.74, 6) is -0.808. The summed E-state index contributed by atoms with van der Waals surface area (Å²) in [6.45, 7) is 0.561. The van der Waals surface area contributed by atoms with E-state index in [9.17, 15) is 14.0 Å². The van der Waals surface area contributed by atoms with E-state index in [-0.39, 0.29) is 17.6 Å². The smallest absolute Gasteiger partial charge is 0.274 e. The van der Waals surface area contributed by atoms with Crippen molar-refractivity contribution in [3.63, 3.8) is 0 Å². The summed E-state index contributed by atoms with van der Waals surface area (Å²) in [5, 5.41) is 3.54. The van der Waals surface area contributed by atoms with Gasteiger partial charge in [0.05, 0.1) is 18.0 Å². The van der Waals surface area contributed by atoms with Gasteiger partial charge in [-0.25, -0.2) is 9.37 Å². The number of halogens is 1. The van der Waals surface area contributed by atoms with E-state index >= 15 is 0 Å². The SMILES string of the molecule is CSc1ncc(C(=O)Nc2ccc3c(c2)CCN3C(=O)c2ccoc2)n1-c1ccc(F)cc1. The molecule has 0 spiro atoms. The molecule has 1 N–H and O–H groups in total. The van der Waals surface area contributed by atoms with Gasteiger partial charge in [0.15, 0.2) is 5.16 Å². The lowest BCUT2D eigenvalue weighted by Crippen LogP contribution is -2.28. The maximum Gasteiger partial charge on any atom is 0.274 e. The quantitative estimate of drug-likeness (QED) is 0.432. The molecule has 0 aliphatic carbocycles. The number of carbonyl (C=O) groups excluding carboxylic acids is 2. The molecule has 2 aromatic carbocycles. The number of hydrogen-bond acceptors (Lipinski definition) is 5. The lowest BCUT2D eigenvalue weighted by atomic mass is 10.1. The van der Waals surface area contributed by atoms with Crippen molar-refractivity contribution in [3.05, 3.63) is 89.9 Å². The highest BCUT2D eigenvalue weighted by atomic mass is 32.2. The molecule has 7 nitrogen and oxygen atoms in total. The Labute approximate surface area is 193 Å². The molecule has 4 aromatic rings. The Kier molecular flexibility index (Phi) is 5.47. The molecule has 0 atom stereocenters. The molecule has 1 aliphatic heterocycles. The molecule has 0 unspecified atom stereocenters. The first-order chi connectivity index (χ1) is 16.0. The van der Waals surface area contributed by atoms with Gasteiger partial charge < -0.3 is 14.6 Å². The summed E-state index contributed by atoms with van der Waals surface area (Å²) < 4.78 is 20.1. The zero-order valence-electron chi connectivity index (χ0n) is 17.6. The third kappa shape index (κ3) is 3.91. The van der Waals surface area contributed by atoms with E-state index in [1.165, 1.54) is 42.6 Å². The fourth-order valence-electron chi connectivity index (χ4n) is 3.91. The van der Waals surface area contributed by atoms with Crippen LogP contribution in [0.1, 0.15) is 26.4 Å². The highest BCUT2D eigenvalue weighted by Gasteiger charge is 2.27. The van der Waals surface area contributed by atoms with Gasteiger partial charge in [0.25, 0.3) is 11.8 Å². The first kappa shape index (κ1) is 21.0. The number of furan rings is 1. The molecule has 0 saturated carbocycles. The molecule has 1 aliphatic rings. The lowest BCUT2D eigenvalue weighted by molar-refractivity contribution is 0.0986. The third-order valence-corrected chi connectivity index (χ3v) is 6.13. The number of aromatic nitrogens is 2. The Balaban J connectivity index is 1.39. The van der Waals surface area contributed by atoms with E-state index in [0.717, 1.165) is 11.3 Å². The van der Waals surface area contributed by atoms with Gasteiger partial charge in [0, 0.05) is 23.6 Å². The van der Waals surface area contributed by atoms with Crippen LogP contribution >= 0.6 is 11.8 Å². The second-order valence-electron chi connectivity index (χ2n) is 7.46. The van der Waals surface area contributed by atoms with Crippen LogP contribution < -0.4 is 10.2 Å². The number of amides is 2. The van der Waals surface area contributed by atoms with Crippen LogP contribution in [-0.2, 0) is 6.42 Å². The summed E-state index contributed by atoms with van der Waals surface area (Å²) in [4.78, 5) is 31.8. The molecule has 166 valence electrons. The Morgan fingerprint density at radius 1 is 1.15 bits per heavy atom. The topological polar surface area (TPSA) is 80.4 Å². The predicted molar refractivity (Wildman–Crippen MR) is 124 cm³/mol. The zero-order chi connectivity index (χ0) is 22.9. The monoisotopic (exact) mass is 462 g/mol. The van der Waals surface area contributed by atoms with E-state index in [1.807, 2.05) is 18.4 Å². The van der Waals surface area contributed by atoms with Gasteiger partial charge >= 0.3 is 0 Å². The number of benzene rings is 2. The van der Waals surface area contributed by atoms with Gasteiger partial charge in [0.1, 0.15) is 17.8 Å². The van der Waals surface area contributed by atoms with Gasteiger partial charge in [-0.3, -0.25) is 14.2 Å². The van der Waals surface area contributed by atoms with Gasteiger partial charge in [0.2, 0.25) is 0 Å². The molecule has 33 heavy (non-hydrogen) atoms. The lowest BCUT2D eigenvalue weighted by Gasteiger charge is -2.17. The second kappa shape index (κ2) is 8.59. The van der Waals surface area contributed by atoms with Crippen molar-refractivity contribution in [2.24, 2.45) is 0 Å². The highest BCUT2D eigenvalue weighted by molar-refractivity contribution is 7.98. The van der Waals surface area contributed by atoms with Crippen LogP contribution in [0.2, 0.25) is 0 Å². The zero-order valence-corrected chi connectivity index (χ0v) is 18.4. The first-order valence-electron chi connectivity index (χ1n) is 10.2. The van der Waals surface area contributed by atoms with Crippen LogP contribution in [0.4, 0.5) is 15.8 Å². The number of anilines is 2. The molecule has 5 rings (SSSR count). The Bertz CT molecular complexity index is 1330. The van der Waals surface area contributed by atoms with Crippen molar-refractivity contribution in [2.75, 3.05) is 23.0 Å². The average Bonchev–Trinajstić information content (AvgIpc) is 3.58. The molecule has 0 radical (unpaired) electrons. The third-order valence-electron chi connectivity index (χ3n) is 5.48. The van der Waals surface area contributed by atoms with E-state index in [0.29, 0.717) is 40.8 Å². The van der Waals surface area contributed by atoms with Crippen LogP contribution in [0.5, 0.6) is 0 Å². The fourth-order valence-corrected chi connectivity index (χ4v) is 4.45. The number of rotatable bonds is 5. The van der Waals surface area contributed by atoms with Gasteiger partial charge in [-0.1, -0.05) is 11.8 Å². The van der Waals surface area contributed by atoms with Crippen molar-refractivity contribution in [1.82, 2.24) is 9.55 Å². The minimum absolute atomic E-state index is 0.118. The Morgan fingerprint density at radius 2 is 1.97 bits per heavy atom. The summed E-state index contributed by atoms with van der Waals surface area (Å²) in [6, 6.07) is 13.0. The number of imidazole rings is 1. The summed E-state index contributed by atoms with van der Waals surface area (Å²) in [5.41, 5.74) is 3.89. The average molecular weight is 463 g/mol. The standard InChI is InChI=1S/C24H19FN4O3S/c1-33-24-26-13-21(29(24)19-5-2-17(25)3-6-19)22(30)27-18-4-7-20-15(12-18)8-10-28(20)23(31)16-9-11-32-14-16/h2-7,9,11-14H,8,10H2,1H3,(H,27,30). The number of fused-ring (bicyclic) bond motifs is 1. The van der Waals surface area contributed by atoms with E-state index in [4.69, 9.17) is 4.42 Å². The van der Waals surface area contributed by atoms with Gasteiger partial charge in [-0.15, -0.1) is 0 Å². The highest BCUT2D eigenvalue weighted by Crippen LogP contribution is 2.32. The van der Waals surface area contributed by atoms with Gasteiger partial charge in [-0.05, 0) is 66.8 Å². The number of nitrogens with zero attached hydrogens (tertiary/aromatic N) is 3. The van der Waals surface area contributed by atoms with Crippen LogP contribution in [-0.4, -0.2) is 34.2 Å².